The number of amides is 1. The first-order chi connectivity index (χ1) is 10.1. The summed E-state index contributed by atoms with van der Waals surface area (Å²) in [4.78, 5) is 11.6. The zero-order chi connectivity index (χ0) is 15.2. The second kappa shape index (κ2) is 6.88. The lowest BCUT2D eigenvalue weighted by Crippen LogP contribution is -2.30. The van der Waals surface area contributed by atoms with E-state index >= 15 is 0 Å². The predicted molar refractivity (Wildman–Crippen MR) is 76.7 cm³/mol. The molecule has 21 heavy (non-hydrogen) atoms. The molecule has 0 aliphatic carbocycles. The Morgan fingerprint density at radius 3 is 2.90 bits per heavy atom. The van der Waals surface area contributed by atoms with Crippen molar-refractivity contribution in [1.82, 2.24) is 15.5 Å². The van der Waals surface area contributed by atoms with Gasteiger partial charge in [0.25, 0.3) is 5.91 Å². The third-order valence-corrected chi connectivity index (χ3v) is 3.14. The maximum absolute atomic E-state index is 12.9. The third-order valence-electron chi connectivity index (χ3n) is 3.14. The van der Waals surface area contributed by atoms with E-state index in [-0.39, 0.29) is 18.3 Å². The molecular weight excluding hydrogens is 273 g/mol. The maximum Gasteiger partial charge on any atom is 0.257 e. The number of ether oxygens (including phenoxy) is 1. The monoisotopic (exact) mass is 291 g/mol. The van der Waals surface area contributed by atoms with Gasteiger partial charge < -0.3 is 10.1 Å². The fourth-order valence-corrected chi connectivity index (χ4v) is 2.03. The fourth-order valence-electron chi connectivity index (χ4n) is 2.03. The molecule has 0 saturated heterocycles. The smallest absolute Gasteiger partial charge is 0.257 e. The van der Waals surface area contributed by atoms with Gasteiger partial charge in [0, 0.05) is 18.3 Å². The molecule has 0 saturated carbocycles. The number of halogens is 1. The van der Waals surface area contributed by atoms with E-state index in [4.69, 9.17) is 4.74 Å². The molecule has 0 spiro atoms. The van der Waals surface area contributed by atoms with Gasteiger partial charge >= 0.3 is 0 Å². The van der Waals surface area contributed by atoms with E-state index in [1.165, 1.54) is 18.2 Å². The summed E-state index contributed by atoms with van der Waals surface area (Å²) in [5.74, 6) is -0.288. The molecule has 2 aromatic rings. The van der Waals surface area contributed by atoms with Crippen molar-refractivity contribution in [1.29, 1.82) is 0 Å². The average molecular weight is 291 g/mol. The average Bonchev–Trinajstić information content (AvgIpc) is 2.77. The zero-order valence-corrected chi connectivity index (χ0v) is 12.1. The molecule has 0 fully saturated rings. The highest BCUT2D eigenvalue weighted by Gasteiger charge is 2.07. The van der Waals surface area contributed by atoms with Crippen molar-refractivity contribution >= 4 is 5.91 Å². The first-order valence-corrected chi connectivity index (χ1v) is 6.72. The Labute approximate surface area is 122 Å². The standard InChI is InChI=1S/C15H18FN3O2/c1-10-14(11(2)19-18-10)6-7-17-15(20)9-21-13-5-3-4-12(16)8-13/h3-5,8H,6-7,9H2,1-2H3,(H,17,20)(H,18,19). The van der Waals surface area contributed by atoms with Gasteiger partial charge in [0.1, 0.15) is 11.6 Å². The molecule has 2 N–H and O–H groups in total. The summed E-state index contributed by atoms with van der Waals surface area (Å²) in [7, 11) is 0. The first kappa shape index (κ1) is 15.0. The molecule has 5 nitrogen and oxygen atoms in total. The third kappa shape index (κ3) is 4.30. The highest BCUT2D eigenvalue weighted by molar-refractivity contribution is 5.77. The summed E-state index contributed by atoms with van der Waals surface area (Å²) in [5.41, 5.74) is 3.07. The second-order valence-corrected chi connectivity index (χ2v) is 4.76. The van der Waals surface area contributed by atoms with Crippen LogP contribution < -0.4 is 10.1 Å². The number of carbonyl (C=O) groups excluding carboxylic acids is 1. The largest absolute Gasteiger partial charge is 0.484 e. The van der Waals surface area contributed by atoms with E-state index < -0.39 is 0 Å². The van der Waals surface area contributed by atoms with Gasteiger partial charge in [-0.15, -0.1) is 0 Å². The number of hydrogen-bond acceptors (Lipinski definition) is 3. The van der Waals surface area contributed by atoms with Gasteiger partial charge in [-0.25, -0.2) is 4.39 Å². The SMILES string of the molecule is Cc1n[nH]c(C)c1CCNC(=O)COc1cccc(F)c1. The number of benzene rings is 1. The number of nitrogens with one attached hydrogen (secondary N) is 2. The molecule has 112 valence electrons. The molecule has 1 amide bonds. The molecule has 0 atom stereocenters. The van der Waals surface area contributed by atoms with Crippen LogP contribution in [0.5, 0.6) is 5.75 Å². The van der Waals surface area contributed by atoms with Crippen LogP contribution >= 0.6 is 0 Å². The van der Waals surface area contributed by atoms with E-state index in [9.17, 15) is 9.18 Å². The van der Waals surface area contributed by atoms with E-state index in [0.29, 0.717) is 18.7 Å². The van der Waals surface area contributed by atoms with Crippen LogP contribution in [0.15, 0.2) is 24.3 Å². The lowest BCUT2D eigenvalue weighted by Gasteiger charge is -2.07. The Balaban J connectivity index is 1.73. The Morgan fingerprint density at radius 1 is 1.43 bits per heavy atom. The summed E-state index contributed by atoms with van der Waals surface area (Å²) in [6.45, 7) is 4.25. The summed E-state index contributed by atoms with van der Waals surface area (Å²) in [6, 6.07) is 5.70. The van der Waals surface area contributed by atoms with Gasteiger partial charge in [-0.2, -0.15) is 5.10 Å². The van der Waals surface area contributed by atoms with Crippen LogP contribution in [0.4, 0.5) is 4.39 Å². The molecule has 0 bridgehead atoms. The van der Waals surface area contributed by atoms with Crippen molar-refractivity contribution in [2.24, 2.45) is 0 Å². The summed E-state index contributed by atoms with van der Waals surface area (Å²) in [5, 5.41) is 9.77. The van der Waals surface area contributed by atoms with Gasteiger partial charge in [-0.05, 0) is 38.0 Å². The number of aromatic amines is 1. The van der Waals surface area contributed by atoms with Crippen molar-refractivity contribution in [3.05, 3.63) is 47.0 Å². The molecule has 1 aromatic carbocycles. The van der Waals surface area contributed by atoms with Crippen LogP contribution in [0, 0.1) is 19.7 Å². The number of hydrogen-bond donors (Lipinski definition) is 2. The van der Waals surface area contributed by atoms with Crippen molar-refractivity contribution in [2.45, 2.75) is 20.3 Å². The minimum Gasteiger partial charge on any atom is -0.484 e. The van der Waals surface area contributed by atoms with E-state index in [2.05, 4.69) is 15.5 Å². The summed E-state index contributed by atoms with van der Waals surface area (Å²) < 4.78 is 18.2. The van der Waals surface area contributed by atoms with Gasteiger partial charge in [0.05, 0.1) is 5.69 Å². The number of H-pyrrole nitrogens is 1. The highest BCUT2D eigenvalue weighted by atomic mass is 19.1. The van der Waals surface area contributed by atoms with Gasteiger partial charge in [0.15, 0.2) is 6.61 Å². The number of aromatic nitrogens is 2. The predicted octanol–water partition coefficient (Wildman–Crippen LogP) is 1.90. The molecule has 6 heteroatoms. The lowest BCUT2D eigenvalue weighted by atomic mass is 10.1. The van der Waals surface area contributed by atoms with E-state index in [0.717, 1.165) is 17.0 Å². The quantitative estimate of drug-likeness (QED) is 0.854. The Bertz CT molecular complexity index is 606. The lowest BCUT2D eigenvalue weighted by molar-refractivity contribution is -0.123. The van der Waals surface area contributed by atoms with E-state index in [1.807, 2.05) is 13.8 Å². The number of carbonyl (C=O) groups is 1. The van der Waals surface area contributed by atoms with Gasteiger partial charge in [-0.3, -0.25) is 9.89 Å². The van der Waals surface area contributed by atoms with Crippen LogP contribution in [0.1, 0.15) is 17.0 Å². The molecule has 0 unspecified atom stereocenters. The first-order valence-electron chi connectivity index (χ1n) is 6.72. The molecule has 0 aliphatic rings. The maximum atomic E-state index is 12.9. The van der Waals surface area contributed by atoms with Crippen molar-refractivity contribution < 1.29 is 13.9 Å². The van der Waals surface area contributed by atoms with Crippen molar-refractivity contribution in [2.75, 3.05) is 13.2 Å². The van der Waals surface area contributed by atoms with Crippen LogP contribution in [-0.2, 0) is 11.2 Å². The van der Waals surface area contributed by atoms with Gasteiger partial charge in [0.2, 0.25) is 0 Å². The molecule has 0 aliphatic heterocycles. The van der Waals surface area contributed by atoms with Crippen molar-refractivity contribution in [3.63, 3.8) is 0 Å². The number of aryl methyl sites for hydroxylation is 2. The summed E-state index contributed by atoms with van der Waals surface area (Å²) in [6.07, 6.45) is 0.708. The van der Waals surface area contributed by atoms with Gasteiger partial charge in [-0.1, -0.05) is 6.07 Å². The summed E-state index contributed by atoms with van der Waals surface area (Å²) >= 11 is 0. The molecule has 0 radical (unpaired) electrons. The topological polar surface area (TPSA) is 67.0 Å². The number of rotatable bonds is 6. The van der Waals surface area contributed by atoms with E-state index in [1.54, 1.807) is 6.07 Å². The zero-order valence-electron chi connectivity index (χ0n) is 12.1. The van der Waals surface area contributed by atoms with Crippen LogP contribution in [0.25, 0.3) is 0 Å². The minimum atomic E-state index is -0.390. The molecule has 1 aromatic heterocycles. The Morgan fingerprint density at radius 2 is 2.24 bits per heavy atom. The molecular formula is C15H18FN3O2. The van der Waals surface area contributed by atoms with Crippen LogP contribution in [-0.4, -0.2) is 29.3 Å². The Hall–Kier alpha value is -2.37. The van der Waals surface area contributed by atoms with Crippen molar-refractivity contribution in [3.8, 4) is 5.75 Å². The Kier molecular flexibility index (Phi) is 4.92. The van der Waals surface area contributed by atoms with Crippen LogP contribution in [0.2, 0.25) is 0 Å². The highest BCUT2D eigenvalue weighted by Crippen LogP contribution is 2.11. The minimum absolute atomic E-state index is 0.132. The number of nitrogens with zero attached hydrogens (tertiary/aromatic N) is 1. The van der Waals surface area contributed by atoms with Crippen LogP contribution in [0.3, 0.4) is 0 Å². The normalized spacial score (nSPS) is 10.4. The molecule has 2 rings (SSSR count). The fraction of sp³-hybridized carbons (Fsp3) is 0.333. The second-order valence-electron chi connectivity index (χ2n) is 4.76. The molecule has 1 heterocycles.